The lowest BCUT2D eigenvalue weighted by molar-refractivity contribution is 0.166. The number of hydrogen-bond acceptors (Lipinski definition) is 3. The third-order valence-electron chi connectivity index (χ3n) is 4.88. The van der Waals surface area contributed by atoms with Gasteiger partial charge in [-0.15, -0.1) is 0 Å². The van der Waals surface area contributed by atoms with Gasteiger partial charge in [-0.2, -0.15) is 0 Å². The van der Waals surface area contributed by atoms with Crippen LogP contribution in [0.1, 0.15) is 28.8 Å². The number of anilines is 1. The van der Waals surface area contributed by atoms with Crippen molar-refractivity contribution in [2.24, 2.45) is 5.92 Å². The predicted octanol–water partition coefficient (Wildman–Crippen LogP) is 3.56. The Kier molecular flexibility index (Phi) is 3.82. The van der Waals surface area contributed by atoms with Crippen LogP contribution in [0.4, 0.5) is 5.95 Å². The topological polar surface area (TPSA) is 50.1 Å². The molecular formula is C20H21N3O. The number of aryl methyl sites for hydroxylation is 1. The van der Waals surface area contributed by atoms with Crippen molar-refractivity contribution in [3.8, 4) is 0 Å². The molecule has 4 rings (SSSR count). The van der Waals surface area contributed by atoms with Crippen molar-refractivity contribution >= 4 is 5.95 Å². The standard InChI is InChI=1S/C20H21N3O/c1-14-7-9-16(10-8-14)19-17(13-24)18(15-5-3-2-4-6-15)22-20-21-11-12-23(19)20/h2-12,17-19,24H,13H2,1H3,(H,21,22)/t17-,18-,19+/m0/s1. The van der Waals surface area contributed by atoms with Crippen molar-refractivity contribution in [1.82, 2.24) is 9.55 Å². The fourth-order valence-electron chi connectivity index (χ4n) is 3.65. The summed E-state index contributed by atoms with van der Waals surface area (Å²) in [6.07, 6.45) is 3.79. The number of aliphatic hydroxyl groups excluding tert-OH is 1. The lowest BCUT2D eigenvalue weighted by Crippen LogP contribution is -2.38. The number of fused-ring (bicyclic) bond motifs is 1. The highest BCUT2D eigenvalue weighted by molar-refractivity contribution is 5.41. The molecule has 1 aliphatic heterocycles. The molecule has 0 radical (unpaired) electrons. The first-order valence-corrected chi connectivity index (χ1v) is 8.29. The summed E-state index contributed by atoms with van der Waals surface area (Å²) in [4.78, 5) is 4.46. The van der Waals surface area contributed by atoms with E-state index in [1.54, 1.807) is 0 Å². The van der Waals surface area contributed by atoms with Crippen molar-refractivity contribution in [2.75, 3.05) is 11.9 Å². The van der Waals surface area contributed by atoms with Crippen LogP contribution < -0.4 is 5.32 Å². The van der Waals surface area contributed by atoms with Crippen LogP contribution in [0.2, 0.25) is 0 Å². The molecular weight excluding hydrogens is 298 g/mol. The lowest BCUT2D eigenvalue weighted by Gasteiger charge is -2.40. The van der Waals surface area contributed by atoms with Crippen LogP contribution >= 0.6 is 0 Å². The Balaban J connectivity index is 1.82. The van der Waals surface area contributed by atoms with Crippen molar-refractivity contribution in [2.45, 2.75) is 19.0 Å². The molecule has 3 aromatic rings. The van der Waals surface area contributed by atoms with Gasteiger partial charge in [-0.25, -0.2) is 4.98 Å². The molecule has 0 unspecified atom stereocenters. The number of nitrogens with zero attached hydrogens (tertiary/aromatic N) is 2. The molecule has 2 aromatic carbocycles. The molecule has 3 atom stereocenters. The zero-order chi connectivity index (χ0) is 16.5. The van der Waals surface area contributed by atoms with Crippen LogP contribution in [0.25, 0.3) is 0 Å². The van der Waals surface area contributed by atoms with E-state index < -0.39 is 0 Å². The molecule has 4 nitrogen and oxygen atoms in total. The van der Waals surface area contributed by atoms with Crippen LogP contribution in [-0.2, 0) is 0 Å². The first-order chi connectivity index (χ1) is 11.8. The highest BCUT2D eigenvalue weighted by Crippen LogP contribution is 2.42. The van der Waals surface area contributed by atoms with E-state index in [0.29, 0.717) is 0 Å². The van der Waals surface area contributed by atoms with E-state index in [2.05, 4.69) is 58.2 Å². The highest BCUT2D eigenvalue weighted by atomic mass is 16.3. The molecule has 0 aliphatic carbocycles. The van der Waals surface area contributed by atoms with Crippen LogP contribution in [-0.4, -0.2) is 21.3 Å². The van der Waals surface area contributed by atoms with Crippen LogP contribution in [0.3, 0.4) is 0 Å². The zero-order valence-corrected chi connectivity index (χ0v) is 13.6. The van der Waals surface area contributed by atoms with Gasteiger partial charge in [0, 0.05) is 18.3 Å². The summed E-state index contributed by atoms with van der Waals surface area (Å²) in [5.41, 5.74) is 3.60. The Bertz CT molecular complexity index is 810. The van der Waals surface area contributed by atoms with Gasteiger partial charge in [-0.05, 0) is 18.1 Å². The van der Waals surface area contributed by atoms with E-state index in [-0.39, 0.29) is 24.6 Å². The molecule has 0 spiro atoms. The maximum absolute atomic E-state index is 10.2. The van der Waals surface area contributed by atoms with E-state index in [4.69, 9.17) is 0 Å². The first kappa shape index (κ1) is 15.0. The molecule has 1 aliphatic rings. The molecule has 24 heavy (non-hydrogen) atoms. The van der Waals surface area contributed by atoms with Gasteiger partial charge in [0.25, 0.3) is 0 Å². The van der Waals surface area contributed by atoms with Crippen LogP contribution in [0.5, 0.6) is 0 Å². The summed E-state index contributed by atoms with van der Waals surface area (Å²) in [7, 11) is 0. The average molecular weight is 319 g/mol. The second kappa shape index (κ2) is 6.13. The first-order valence-electron chi connectivity index (χ1n) is 8.29. The largest absolute Gasteiger partial charge is 0.396 e. The lowest BCUT2D eigenvalue weighted by atomic mass is 9.82. The van der Waals surface area contributed by atoms with E-state index in [1.165, 1.54) is 16.7 Å². The predicted molar refractivity (Wildman–Crippen MR) is 94.9 cm³/mol. The SMILES string of the molecule is Cc1ccc([C@@H]2[C@@H](CO)[C@H](c3ccccc3)Nc3nccn32)cc1. The fourth-order valence-corrected chi connectivity index (χ4v) is 3.65. The summed E-state index contributed by atoms with van der Waals surface area (Å²) in [5, 5.41) is 13.7. The van der Waals surface area contributed by atoms with Crippen molar-refractivity contribution in [3.05, 3.63) is 83.7 Å². The zero-order valence-electron chi connectivity index (χ0n) is 13.6. The molecule has 0 amide bonds. The normalized spacial score (nSPS) is 22.7. The van der Waals surface area contributed by atoms with Gasteiger partial charge in [0.2, 0.25) is 5.95 Å². The maximum Gasteiger partial charge on any atom is 0.203 e. The quantitative estimate of drug-likeness (QED) is 0.776. The van der Waals surface area contributed by atoms with Crippen molar-refractivity contribution in [3.63, 3.8) is 0 Å². The number of aromatic nitrogens is 2. The minimum atomic E-state index is 0.0248. The fraction of sp³-hybridized carbons (Fsp3) is 0.250. The molecule has 0 saturated carbocycles. The summed E-state index contributed by atoms with van der Waals surface area (Å²) in [5.74, 6) is 0.871. The summed E-state index contributed by atoms with van der Waals surface area (Å²) >= 11 is 0. The molecule has 2 heterocycles. The summed E-state index contributed by atoms with van der Waals surface area (Å²) in [6.45, 7) is 2.19. The van der Waals surface area contributed by atoms with E-state index in [1.807, 2.05) is 30.6 Å². The number of rotatable bonds is 3. The van der Waals surface area contributed by atoms with Gasteiger partial charge in [0.05, 0.1) is 18.7 Å². The number of aliphatic hydroxyl groups is 1. The Morgan fingerprint density at radius 1 is 1.04 bits per heavy atom. The smallest absolute Gasteiger partial charge is 0.203 e. The molecule has 0 bridgehead atoms. The maximum atomic E-state index is 10.2. The van der Waals surface area contributed by atoms with Crippen molar-refractivity contribution in [1.29, 1.82) is 0 Å². The van der Waals surface area contributed by atoms with Gasteiger partial charge in [0.1, 0.15) is 0 Å². The molecule has 122 valence electrons. The number of benzene rings is 2. The van der Waals surface area contributed by atoms with Crippen LogP contribution in [0, 0.1) is 12.8 Å². The molecule has 0 fully saturated rings. The number of nitrogens with one attached hydrogen (secondary N) is 1. The third-order valence-corrected chi connectivity index (χ3v) is 4.88. The molecule has 2 N–H and O–H groups in total. The van der Waals surface area contributed by atoms with Gasteiger partial charge in [-0.1, -0.05) is 60.2 Å². The molecule has 0 saturated heterocycles. The average Bonchev–Trinajstić information content (AvgIpc) is 3.10. The second-order valence-corrected chi connectivity index (χ2v) is 6.39. The van der Waals surface area contributed by atoms with E-state index in [9.17, 15) is 5.11 Å². The minimum Gasteiger partial charge on any atom is -0.396 e. The van der Waals surface area contributed by atoms with Gasteiger partial charge < -0.3 is 15.0 Å². The Hall–Kier alpha value is -2.59. The third kappa shape index (κ3) is 2.49. The Morgan fingerprint density at radius 2 is 1.79 bits per heavy atom. The second-order valence-electron chi connectivity index (χ2n) is 6.39. The van der Waals surface area contributed by atoms with Crippen LogP contribution in [0.15, 0.2) is 67.0 Å². The minimum absolute atomic E-state index is 0.0248. The summed E-state index contributed by atoms with van der Waals surface area (Å²) < 4.78 is 2.13. The Morgan fingerprint density at radius 3 is 2.50 bits per heavy atom. The van der Waals surface area contributed by atoms with Gasteiger partial charge >= 0.3 is 0 Å². The van der Waals surface area contributed by atoms with Gasteiger partial charge in [0.15, 0.2) is 0 Å². The summed E-state index contributed by atoms with van der Waals surface area (Å²) in [6, 6.07) is 18.9. The molecule has 1 aromatic heterocycles. The number of imidazole rings is 1. The Labute approximate surface area is 141 Å². The van der Waals surface area contributed by atoms with E-state index in [0.717, 1.165) is 5.95 Å². The molecule has 4 heteroatoms. The van der Waals surface area contributed by atoms with Crippen molar-refractivity contribution < 1.29 is 5.11 Å². The van der Waals surface area contributed by atoms with E-state index >= 15 is 0 Å². The number of hydrogen-bond donors (Lipinski definition) is 2. The highest BCUT2D eigenvalue weighted by Gasteiger charge is 2.38. The van der Waals surface area contributed by atoms with Gasteiger partial charge in [-0.3, -0.25) is 0 Å². The monoisotopic (exact) mass is 319 g/mol.